The van der Waals surface area contributed by atoms with Crippen molar-refractivity contribution >= 4 is 37.9 Å². The molecule has 1 heterocycles. The molecule has 2 fully saturated rings. The second kappa shape index (κ2) is 6.50. The van der Waals surface area contributed by atoms with E-state index >= 15 is 0 Å². The number of carbonyl (C=O) groups is 1. The van der Waals surface area contributed by atoms with Crippen molar-refractivity contribution in [2.45, 2.75) is 31.7 Å². The predicted molar refractivity (Wildman–Crippen MR) is 96.4 cm³/mol. The first-order chi connectivity index (χ1) is 11.0. The normalized spacial score (nSPS) is 20.9. The Labute approximate surface area is 146 Å². The van der Waals surface area contributed by atoms with Gasteiger partial charge in [-0.15, -0.1) is 0 Å². The SMILES string of the molecule is CN1C(=[Se])N(C2CCCC2)C(=O)/C1=C\c1ccc(N(C)C)cc1. The Bertz CT molecular complexity index is 645. The van der Waals surface area contributed by atoms with Crippen LogP contribution in [0.25, 0.3) is 6.08 Å². The molecule has 1 aliphatic carbocycles. The van der Waals surface area contributed by atoms with Gasteiger partial charge in [0.1, 0.15) is 0 Å². The number of nitrogens with zero attached hydrogens (tertiary/aromatic N) is 3. The van der Waals surface area contributed by atoms with Gasteiger partial charge in [-0.3, -0.25) is 0 Å². The zero-order chi connectivity index (χ0) is 16.6. The van der Waals surface area contributed by atoms with Gasteiger partial charge in [0, 0.05) is 0 Å². The van der Waals surface area contributed by atoms with Crippen LogP contribution in [0.1, 0.15) is 31.2 Å². The zero-order valence-electron chi connectivity index (χ0n) is 14.0. The Morgan fingerprint density at radius 2 is 1.78 bits per heavy atom. The fourth-order valence-electron chi connectivity index (χ4n) is 3.29. The Hall–Kier alpha value is -1.58. The third-order valence-electron chi connectivity index (χ3n) is 4.70. The van der Waals surface area contributed by atoms with E-state index in [4.69, 9.17) is 0 Å². The van der Waals surface area contributed by atoms with Gasteiger partial charge in [0.15, 0.2) is 0 Å². The van der Waals surface area contributed by atoms with Crippen molar-refractivity contribution in [1.82, 2.24) is 9.80 Å². The molecule has 23 heavy (non-hydrogen) atoms. The Kier molecular flexibility index (Phi) is 4.60. The molecule has 3 rings (SSSR count). The van der Waals surface area contributed by atoms with E-state index in [9.17, 15) is 4.79 Å². The van der Waals surface area contributed by atoms with Crippen LogP contribution in [0.5, 0.6) is 0 Å². The molecule has 1 aromatic rings. The van der Waals surface area contributed by atoms with E-state index in [1.54, 1.807) is 0 Å². The summed E-state index contributed by atoms with van der Waals surface area (Å²) in [5, 5.41) is 0. The fourth-order valence-corrected chi connectivity index (χ4v) is 3.98. The summed E-state index contributed by atoms with van der Waals surface area (Å²) < 4.78 is 0.929. The standard InChI is InChI=1S/C18H23N3OSe/c1-19(2)14-10-8-13(9-11-14)12-16-17(22)21(18(23)20(16)3)15-6-4-5-7-15/h8-12,15H,4-7H2,1-3H3/b16-12+. The molecule has 1 saturated carbocycles. The molecular weight excluding hydrogens is 353 g/mol. The van der Waals surface area contributed by atoms with Gasteiger partial charge in [0.05, 0.1) is 0 Å². The second-order valence-electron chi connectivity index (χ2n) is 6.47. The Morgan fingerprint density at radius 1 is 1.17 bits per heavy atom. The molecule has 0 atom stereocenters. The average Bonchev–Trinajstić information content (AvgIpc) is 3.12. The first-order valence-electron chi connectivity index (χ1n) is 8.09. The van der Waals surface area contributed by atoms with Gasteiger partial charge in [-0.25, -0.2) is 0 Å². The quantitative estimate of drug-likeness (QED) is 0.597. The van der Waals surface area contributed by atoms with E-state index in [-0.39, 0.29) is 5.91 Å². The maximum absolute atomic E-state index is 12.9. The first kappa shape index (κ1) is 16.3. The van der Waals surface area contributed by atoms with Crippen LogP contribution in [-0.2, 0) is 4.79 Å². The molecule has 4 nitrogen and oxygen atoms in total. The van der Waals surface area contributed by atoms with Crippen LogP contribution in [0, 0.1) is 0 Å². The Balaban J connectivity index is 1.86. The van der Waals surface area contributed by atoms with E-state index in [1.807, 2.05) is 37.0 Å². The molecule has 2 aliphatic rings. The van der Waals surface area contributed by atoms with Crippen LogP contribution in [0.4, 0.5) is 5.69 Å². The predicted octanol–water partition coefficient (Wildman–Crippen LogP) is 2.07. The molecule has 0 radical (unpaired) electrons. The van der Waals surface area contributed by atoms with Crippen molar-refractivity contribution in [3.63, 3.8) is 0 Å². The number of amides is 1. The topological polar surface area (TPSA) is 26.8 Å². The van der Waals surface area contributed by atoms with Crippen LogP contribution in [0.3, 0.4) is 0 Å². The molecule has 1 saturated heterocycles. The molecule has 1 aliphatic heterocycles. The summed E-state index contributed by atoms with van der Waals surface area (Å²) in [5.41, 5.74) is 2.94. The molecule has 0 N–H and O–H groups in total. The summed E-state index contributed by atoms with van der Waals surface area (Å²) in [4.78, 5) is 18.9. The first-order valence-corrected chi connectivity index (χ1v) is 8.95. The summed E-state index contributed by atoms with van der Waals surface area (Å²) in [5.74, 6) is 0.116. The summed E-state index contributed by atoms with van der Waals surface area (Å²) in [6.45, 7) is 0. The summed E-state index contributed by atoms with van der Waals surface area (Å²) in [7, 11) is 6.00. The van der Waals surface area contributed by atoms with Crippen molar-refractivity contribution in [3.8, 4) is 0 Å². The van der Waals surface area contributed by atoms with Gasteiger partial charge in [-0.05, 0) is 0 Å². The molecule has 0 spiro atoms. The van der Waals surface area contributed by atoms with Crippen LogP contribution >= 0.6 is 0 Å². The molecule has 0 bridgehead atoms. The van der Waals surface area contributed by atoms with Crippen molar-refractivity contribution in [1.29, 1.82) is 0 Å². The van der Waals surface area contributed by atoms with E-state index in [0.29, 0.717) is 6.04 Å². The number of rotatable bonds is 3. The number of benzene rings is 1. The monoisotopic (exact) mass is 377 g/mol. The molecular formula is C18H23N3OSe. The average molecular weight is 376 g/mol. The summed E-state index contributed by atoms with van der Waals surface area (Å²) in [6.07, 6.45) is 6.63. The van der Waals surface area contributed by atoms with E-state index in [2.05, 4.69) is 44.7 Å². The third kappa shape index (κ3) is 3.08. The van der Waals surface area contributed by atoms with E-state index in [0.717, 1.165) is 34.5 Å². The molecule has 5 heteroatoms. The zero-order valence-corrected chi connectivity index (χ0v) is 15.7. The van der Waals surface area contributed by atoms with Gasteiger partial charge in [0.2, 0.25) is 0 Å². The second-order valence-corrected chi connectivity index (χ2v) is 7.24. The van der Waals surface area contributed by atoms with Gasteiger partial charge in [-0.2, -0.15) is 0 Å². The van der Waals surface area contributed by atoms with E-state index in [1.165, 1.54) is 12.8 Å². The van der Waals surface area contributed by atoms with Gasteiger partial charge in [-0.1, -0.05) is 0 Å². The van der Waals surface area contributed by atoms with Crippen LogP contribution in [0.15, 0.2) is 30.0 Å². The number of hydrogen-bond acceptors (Lipinski definition) is 3. The van der Waals surface area contributed by atoms with Crippen LogP contribution < -0.4 is 4.90 Å². The number of carbonyl (C=O) groups excluding carboxylic acids is 1. The molecule has 1 aromatic carbocycles. The number of likely N-dealkylation sites (N-methyl/N-ethyl adjacent to an activating group) is 1. The Morgan fingerprint density at radius 3 is 2.35 bits per heavy atom. The van der Waals surface area contributed by atoms with Gasteiger partial charge >= 0.3 is 146 Å². The maximum atomic E-state index is 12.9. The third-order valence-corrected chi connectivity index (χ3v) is 5.68. The molecule has 1 amide bonds. The number of anilines is 1. The minimum absolute atomic E-state index is 0.116. The van der Waals surface area contributed by atoms with Gasteiger partial charge < -0.3 is 0 Å². The molecule has 0 aromatic heterocycles. The van der Waals surface area contributed by atoms with Crippen molar-refractivity contribution < 1.29 is 4.79 Å². The summed E-state index contributed by atoms with van der Waals surface area (Å²) >= 11 is 3.09. The van der Waals surface area contributed by atoms with Crippen molar-refractivity contribution in [2.75, 3.05) is 26.0 Å². The van der Waals surface area contributed by atoms with E-state index < -0.39 is 0 Å². The minimum atomic E-state index is 0.116. The fraction of sp³-hybridized carbons (Fsp3) is 0.444. The molecule has 0 unspecified atom stereocenters. The van der Waals surface area contributed by atoms with Crippen molar-refractivity contribution in [3.05, 3.63) is 35.5 Å². The molecule has 122 valence electrons. The van der Waals surface area contributed by atoms with Crippen molar-refractivity contribution in [2.24, 2.45) is 0 Å². The van der Waals surface area contributed by atoms with Crippen LogP contribution in [-0.4, -0.2) is 63.1 Å². The van der Waals surface area contributed by atoms with Crippen LogP contribution in [0.2, 0.25) is 0 Å². The number of hydrogen-bond donors (Lipinski definition) is 0. The summed E-state index contributed by atoms with van der Waals surface area (Å²) in [6, 6.07) is 8.61. The van der Waals surface area contributed by atoms with Gasteiger partial charge in [0.25, 0.3) is 0 Å².